The molecule has 13 nitrogen and oxygen atoms in total. The summed E-state index contributed by atoms with van der Waals surface area (Å²) < 4.78 is 0. The van der Waals surface area contributed by atoms with Crippen molar-refractivity contribution in [3.05, 3.63) is 0 Å². The Morgan fingerprint density at radius 3 is 0.774 bits per heavy atom. The minimum absolute atomic E-state index is 0. The summed E-state index contributed by atoms with van der Waals surface area (Å²) >= 11 is 0. The molecule has 0 amide bonds. The number of aliphatic carboxylic acids is 5. The van der Waals surface area contributed by atoms with Crippen LogP contribution >= 0.6 is 0 Å². The normalized spacial score (nSPS) is 9.65. The summed E-state index contributed by atoms with van der Waals surface area (Å²) in [6.07, 6.45) is 0. The number of rotatable bonds is 16. The van der Waals surface area contributed by atoms with Gasteiger partial charge in [0.15, 0.2) is 0 Å². The fourth-order valence-electron chi connectivity index (χ4n) is 2.22. The van der Waals surface area contributed by atoms with Crippen molar-refractivity contribution in [1.82, 2.24) is 14.7 Å². The Hall–Kier alpha value is 0.749. The van der Waals surface area contributed by atoms with Crippen molar-refractivity contribution in [2.75, 3.05) is 58.9 Å². The molecular formula is C14H26CuN3Na3O10. The molecule has 31 heavy (non-hydrogen) atoms. The van der Waals surface area contributed by atoms with E-state index in [4.69, 9.17) is 25.5 Å². The molecule has 0 aliphatic rings. The second kappa shape index (κ2) is 23.9. The molecule has 0 unspecified atom stereocenters. The summed E-state index contributed by atoms with van der Waals surface area (Å²) in [6, 6.07) is 0. The van der Waals surface area contributed by atoms with Crippen LogP contribution in [0, 0.1) is 0 Å². The Kier molecular flexibility index (Phi) is 32.3. The molecule has 0 aromatic carbocycles. The zero-order valence-corrected chi connectivity index (χ0v) is 15.7. The van der Waals surface area contributed by atoms with E-state index < -0.39 is 62.6 Å². The quantitative estimate of drug-likeness (QED) is 0.120. The van der Waals surface area contributed by atoms with E-state index in [1.54, 1.807) is 0 Å². The van der Waals surface area contributed by atoms with Crippen LogP contribution in [0.15, 0.2) is 0 Å². The fourth-order valence-corrected chi connectivity index (χ4v) is 2.22. The average molecular weight is 529 g/mol. The number of hydrogen-bond acceptors (Lipinski definition) is 8. The molecule has 0 aromatic rings. The zero-order valence-electron chi connectivity index (χ0n) is 14.8. The molecule has 0 saturated carbocycles. The van der Waals surface area contributed by atoms with Gasteiger partial charge in [0.05, 0.1) is 32.7 Å². The average Bonchev–Trinajstić information content (AvgIpc) is 2.46. The Bertz CT molecular complexity index is 502. The molecule has 0 aliphatic heterocycles. The number of nitrogens with zero attached hydrogens (tertiary/aromatic N) is 3. The number of hydrogen-bond donors (Lipinski definition) is 5. The van der Waals surface area contributed by atoms with Crippen molar-refractivity contribution in [2.45, 2.75) is 0 Å². The molecule has 0 spiro atoms. The van der Waals surface area contributed by atoms with E-state index in [0.717, 1.165) is 9.80 Å². The molecule has 0 fully saturated rings. The van der Waals surface area contributed by atoms with Crippen molar-refractivity contribution in [2.24, 2.45) is 0 Å². The summed E-state index contributed by atoms with van der Waals surface area (Å²) in [5.74, 6) is -6.16. The molecular weight excluding hydrogens is 503 g/mol. The van der Waals surface area contributed by atoms with Gasteiger partial charge in [-0.25, -0.2) is 0 Å². The Morgan fingerprint density at radius 2 is 0.581 bits per heavy atom. The van der Waals surface area contributed by atoms with Gasteiger partial charge in [-0.2, -0.15) is 0 Å². The van der Waals surface area contributed by atoms with Crippen molar-refractivity contribution in [1.29, 1.82) is 0 Å². The molecule has 0 rings (SSSR count). The van der Waals surface area contributed by atoms with E-state index in [9.17, 15) is 24.0 Å². The van der Waals surface area contributed by atoms with Gasteiger partial charge in [0.1, 0.15) is 0 Å². The number of carboxylic acids is 5. The second-order valence-electron chi connectivity index (χ2n) is 5.67. The van der Waals surface area contributed by atoms with Crippen molar-refractivity contribution in [3.8, 4) is 0 Å². The molecule has 0 atom stereocenters. The van der Waals surface area contributed by atoms with Crippen LogP contribution in [0.2, 0.25) is 0 Å². The molecule has 171 valence electrons. The van der Waals surface area contributed by atoms with Gasteiger partial charge < -0.3 is 25.5 Å². The molecule has 0 aromatic heterocycles. The SMILES string of the molecule is O=C(O)CN(CCN(CC(=O)O)CC(=O)O)CCN(CC(=O)O)CC(=O)O.[Cu].[NaH].[NaH].[NaH]. The van der Waals surface area contributed by atoms with Crippen LogP contribution in [0.1, 0.15) is 0 Å². The Balaban J connectivity index is -0.000000563. The molecule has 0 bridgehead atoms. The number of carbonyl (C=O) groups is 5. The topological polar surface area (TPSA) is 196 Å². The third-order valence-corrected chi connectivity index (χ3v) is 3.26. The maximum absolute atomic E-state index is 11.0. The Labute approximate surface area is 255 Å². The molecule has 0 saturated heterocycles. The van der Waals surface area contributed by atoms with Gasteiger partial charge in [-0.15, -0.1) is 0 Å². The Morgan fingerprint density at radius 1 is 0.419 bits per heavy atom. The summed E-state index contributed by atoms with van der Waals surface area (Å²) in [4.78, 5) is 57.6. The predicted octanol–water partition coefficient (Wildman–Crippen LogP) is -4.63. The first-order valence-electron chi connectivity index (χ1n) is 7.75. The van der Waals surface area contributed by atoms with Gasteiger partial charge in [-0.3, -0.25) is 38.7 Å². The third-order valence-electron chi connectivity index (χ3n) is 3.26. The zero-order chi connectivity index (χ0) is 21.0. The maximum atomic E-state index is 11.0. The fraction of sp³-hybridized carbons (Fsp3) is 0.643. The first-order valence-corrected chi connectivity index (χ1v) is 7.75. The van der Waals surface area contributed by atoms with Crippen LogP contribution in [0.25, 0.3) is 0 Å². The van der Waals surface area contributed by atoms with Gasteiger partial charge in [0.2, 0.25) is 0 Å². The summed E-state index contributed by atoms with van der Waals surface area (Å²) in [5.41, 5.74) is 0. The van der Waals surface area contributed by atoms with Crippen LogP contribution in [0.4, 0.5) is 0 Å². The monoisotopic (exact) mass is 528 g/mol. The van der Waals surface area contributed by atoms with E-state index >= 15 is 0 Å². The molecule has 17 heteroatoms. The molecule has 0 aliphatic carbocycles. The van der Waals surface area contributed by atoms with Crippen LogP contribution < -0.4 is 0 Å². The second-order valence-corrected chi connectivity index (χ2v) is 5.67. The summed E-state index contributed by atoms with van der Waals surface area (Å²) in [5, 5.41) is 44.1. The van der Waals surface area contributed by atoms with Gasteiger partial charge in [-0.05, 0) is 0 Å². The van der Waals surface area contributed by atoms with Crippen LogP contribution in [-0.4, -0.2) is 218 Å². The van der Waals surface area contributed by atoms with Crippen LogP contribution in [0.3, 0.4) is 0 Å². The van der Waals surface area contributed by atoms with E-state index in [1.807, 2.05) is 0 Å². The van der Waals surface area contributed by atoms with E-state index in [-0.39, 0.29) is 132 Å². The standard InChI is InChI=1S/C14H23N3O10.Cu.3Na.3H/c18-10(19)5-15(1-3-16(6-11(20)21)7-12(22)23)2-4-17(8-13(24)25)9-14(26)27;;;;;;;/h1-9H2,(H,18,19)(H,20,21)(H,22,23)(H,24,25)(H,26,27);;;;;;;. The molecule has 1 radical (unpaired) electrons. The van der Waals surface area contributed by atoms with Gasteiger partial charge in [-0.1, -0.05) is 0 Å². The summed E-state index contributed by atoms with van der Waals surface area (Å²) in [6.45, 7) is -2.74. The minimum atomic E-state index is -1.24. The first kappa shape index (κ1) is 42.0. The number of carboxylic acid groups (broad SMARTS) is 5. The van der Waals surface area contributed by atoms with Gasteiger partial charge in [0.25, 0.3) is 0 Å². The van der Waals surface area contributed by atoms with Crippen molar-refractivity contribution < 1.29 is 66.6 Å². The van der Waals surface area contributed by atoms with Crippen molar-refractivity contribution >= 4 is 119 Å². The van der Waals surface area contributed by atoms with Gasteiger partial charge in [0, 0.05) is 43.2 Å². The van der Waals surface area contributed by atoms with E-state index in [2.05, 4.69) is 0 Å². The third kappa shape index (κ3) is 26.9. The van der Waals surface area contributed by atoms with E-state index in [0.29, 0.717) is 0 Å². The molecule has 0 heterocycles. The van der Waals surface area contributed by atoms with E-state index in [1.165, 1.54) is 4.90 Å². The molecule has 5 N–H and O–H groups in total. The van der Waals surface area contributed by atoms with Gasteiger partial charge >= 0.3 is 119 Å². The van der Waals surface area contributed by atoms with Crippen LogP contribution in [0.5, 0.6) is 0 Å². The first-order chi connectivity index (χ1) is 12.5. The predicted molar refractivity (Wildman–Crippen MR) is 109 cm³/mol. The summed E-state index contributed by atoms with van der Waals surface area (Å²) in [7, 11) is 0. The van der Waals surface area contributed by atoms with Crippen LogP contribution in [-0.2, 0) is 41.0 Å². The van der Waals surface area contributed by atoms with Crippen molar-refractivity contribution in [3.63, 3.8) is 0 Å².